The highest BCUT2D eigenvalue weighted by molar-refractivity contribution is 5.91. The minimum absolute atomic E-state index is 0.00479. The number of aliphatic hydroxyl groups excluding tert-OH is 1. The monoisotopic (exact) mass is 402 g/mol. The summed E-state index contributed by atoms with van der Waals surface area (Å²) in [6.45, 7) is 7.24. The van der Waals surface area contributed by atoms with E-state index in [1.165, 1.54) is 18.1 Å². The van der Waals surface area contributed by atoms with Gasteiger partial charge in [0.2, 0.25) is 5.78 Å². The quantitative estimate of drug-likeness (QED) is 0.559. The van der Waals surface area contributed by atoms with E-state index in [1.807, 2.05) is 6.92 Å². The van der Waals surface area contributed by atoms with Crippen LogP contribution in [0.15, 0.2) is 23.3 Å². The zero-order chi connectivity index (χ0) is 21.2. The highest BCUT2D eigenvalue weighted by Gasteiger charge is 2.67. The van der Waals surface area contributed by atoms with Gasteiger partial charge in [0.15, 0.2) is 6.61 Å². The fraction of sp³-hybridized carbons (Fsp3) is 0.750. The zero-order valence-electron chi connectivity index (χ0n) is 18.0. The Kier molecular flexibility index (Phi) is 4.86. The predicted molar refractivity (Wildman–Crippen MR) is 109 cm³/mol. The van der Waals surface area contributed by atoms with Crippen molar-refractivity contribution in [2.75, 3.05) is 6.61 Å². The average molecular weight is 403 g/mol. The Morgan fingerprint density at radius 2 is 2.00 bits per heavy atom. The zero-order valence-corrected chi connectivity index (χ0v) is 18.0. The summed E-state index contributed by atoms with van der Waals surface area (Å²) >= 11 is 0. The van der Waals surface area contributed by atoms with Crippen molar-refractivity contribution in [2.24, 2.45) is 28.6 Å². The van der Waals surface area contributed by atoms with E-state index in [0.29, 0.717) is 12.3 Å². The molecule has 0 aromatic rings. The molecule has 0 bridgehead atoms. The number of carbonyl (C=O) groups is 2. The van der Waals surface area contributed by atoms with Gasteiger partial charge in [0.1, 0.15) is 5.60 Å². The molecule has 0 amide bonds. The van der Waals surface area contributed by atoms with Crippen molar-refractivity contribution in [3.63, 3.8) is 0 Å². The number of Topliss-reactive ketones (excluding diaryl/α,β-unsaturated/α-hetero) is 1. The summed E-state index contributed by atoms with van der Waals surface area (Å²) in [6.07, 6.45) is 9.18. The Bertz CT molecular complexity index is 797. The van der Waals surface area contributed by atoms with Gasteiger partial charge in [-0.1, -0.05) is 44.1 Å². The maximum Gasteiger partial charge on any atom is 0.303 e. The lowest BCUT2D eigenvalue weighted by Crippen LogP contribution is -2.57. The Hall–Kier alpha value is -1.46. The molecule has 0 aromatic heterocycles. The molecule has 3 unspecified atom stereocenters. The molecule has 0 heterocycles. The third kappa shape index (κ3) is 2.80. The fourth-order valence-electron chi connectivity index (χ4n) is 7.22. The Morgan fingerprint density at radius 3 is 2.69 bits per heavy atom. The number of aliphatic hydroxyl groups is 2. The molecule has 2 fully saturated rings. The molecule has 0 saturated heterocycles. The molecule has 4 aliphatic rings. The number of hydrogen-bond donors (Lipinski definition) is 2. The summed E-state index contributed by atoms with van der Waals surface area (Å²) in [6, 6.07) is 0. The molecule has 160 valence electrons. The van der Waals surface area contributed by atoms with E-state index in [9.17, 15) is 19.8 Å². The van der Waals surface area contributed by atoms with Crippen LogP contribution < -0.4 is 0 Å². The van der Waals surface area contributed by atoms with Gasteiger partial charge in [-0.05, 0) is 56.3 Å². The molecule has 5 heteroatoms. The summed E-state index contributed by atoms with van der Waals surface area (Å²) in [7, 11) is 0. The lowest BCUT2D eigenvalue weighted by Gasteiger charge is -2.55. The van der Waals surface area contributed by atoms with Crippen LogP contribution in [0.5, 0.6) is 0 Å². The van der Waals surface area contributed by atoms with Crippen LogP contribution in [0, 0.1) is 28.6 Å². The van der Waals surface area contributed by atoms with Gasteiger partial charge in [-0.2, -0.15) is 0 Å². The number of fused-ring (bicyclic) bond motifs is 5. The Labute approximate surface area is 173 Å². The molecular weight excluding hydrogens is 368 g/mol. The van der Waals surface area contributed by atoms with Crippen molar-refractivity contribution in [3.8, 4) is 0 Å². The molecule has 29 heavy (non-hydrogen) atoms. The van der Waals surface area contributed by atoms with Crippen LogP contribution in [0.2, 0.25) is 0 Å². The summed E-state index contributed by atoms with van der Waals surface area (Å²) in [5, 5.41) is 21.8. The minimum Gasteiger partial charge on any atom is -0.458 e. The van der Waals surface area contributed by atoms with E-state index in [0.717, 1.165) is 32.1 Å². The normalized spacial score (nSPS) is 46.0. The number of allylic oxidation sites excluding steroid dienone is 3. The molecule has 5 nitrogen and oxygen atoms in total. The van der Waals surface area contributed by atoms with Crippen molar-refractivity contribution < 1.29 is 24.5 Å². The summed E-state index contributed by atoms with van der Waals surface area (Å²) in [4.78, 5) is 24.2. The summed E-state index contributed by atoms with van der Waals surface area (Å²) in [5.41, 5.74) is 0.774. The lowest BCUT2D eigenvalue weighted by molar-refractivity contribution is -0.167. The second-order valence-corrected chi connectivity index (χ2v) is 10.3. The first kappa shape index (κ1) is 20.8. The molecule has 4 rings (SSSR count). The molecule has 2 N–H and O–H groups in total. The van der Waals surface area contributed by atoms with Crippen LogP contribution in [0.4, 0.5) is 0 Å². The molecule has 0 spiro atoms. The molecule has 0 aromatic carbocycles. The highest BCUT2D eigenvalue weighted by Crippen LogP contribution is 2.67. The molecular formula is C24H34O5. The van der Waals surface area contributed by atoms with Crippen molar-refractivity contribution in [1.82, 2.24) is 0 Å². The standard InChI is InChI=1S/C24H34O5/c1-14-11-20-18-6-5-16-12-17(26)7-9-22(16,3)19(18)8-10-23(20,4)24(14,28)21(27)13-29-15(2)25/h8,12,14,17-18,20,26,28H,5-7,9-11,13H2,1-4H3/t14-,17?,18?,20?,22+,23+,24+/m1/s1. The molecule has 7 atom stereocenters. The van der Waals surface area contributed by atoms with Gasteiger partial charge >= 0.3 is 5.97 Å². The summed E-state index contributed by atoms with van der Waals surface area (Å²) < 4.78 is 4.96. The van der Waals surface area contributed by atoms with Gasteiger partial charge in [-0.25, -0.2) is 0 Å². The number of ketones is 1. The van der Waals surface area contributed by atoms with Gasteiger partial charge in [0.25, 0.3) is 0 Å². The van der Waals surface area contributed by atoms with Gasteiger partial charge in [-0.15, -0.1) is 0 Å². The smallest absolute Gasteiger partial charge is 0.303 e. The maximum atomic E-state index is 13.0. The lowest BCUT2D eigenvalue weighted by atomic mass is 9.50. The second kappa shape index (κ2) is 6.78. The Morgan fingerprint density at radius 1 is 1.28 bits per heavy atom. The number of ether oxygens (including phenoxy) is 1. The third-order valence-electron chi connectivity index (χ3n) is 8.88. The first-order valence-corrected chi connectivity index (χ1v) is 11.0. The number of carbonyl (C=O) groups excluding carboxylic acids is 2. The van der Waals surface area contributed by atoms with Crippen LogP contribution in [0.25, 0.3) is 0 Å². The maximum absolute atomic E-state index is 13.0. The van der Waals surface area contributed by atoms with Gasteiger partial charge in [0.05, 0.1) is 6.10 Å². The number of rotatable bonds is 3. The van der Waals surface area contributed by atoms with Crippen LogP contribution in [-0.2, 0) is 14.3 Å². The van der Waals surface area contributed by atoms with Crippen molar-refractivity contribution in [3.05, 3.63) is 23.3 Å². The SMILES string of the molecule is CC(=O)OCC(=O)[C@@]1(O)[C@H](C)CC2C3CCC4=CC(O)CC[C@]4(C)C3=CC[C@@]21C. The van der Waals surface area contributed by atoms with Crippen LogP contribution in [0.3, 0.4) is 0 Å². The van der Waals surface area contributed by atoms with E-state index < -0.39 is 17.0 Å². The van der Waals surface area contributed by atoms with Crippen LogP contribution >= 0.6 is 0 Å². The topological polar surface area (TPSA) is 83.8 Å². The van der Waals surface area contributed by atoms with Crippen molar-refractivity contribution in [1.29, 1.82) is 0 Å². The van der Waals surface area contributed by atoms with Gasteiger partial charge in [-0.3, -0.25) is 9.59 Å². The van der Waals surface area contributed by atoms with Crippen molar-refractivity contribution >= 4 is 11.8 Å². The average Bonchev–Trinajstić information content (AvgIpc) is 2.88. The second-order valence-electron chi connectivity index (χ2n) is 10.3. The molecule has 0 radical (unpaired) electrons. The van der Waals surface area contributed by atoms with Gasteiger partial charge < -0.3 is 14.9 Å². The van der Waals surface area contributed by atoms with Gasteiger partial charge in [0, 0.05) is 17.8 Å². The first-order chi connectivity index (χ1) is 13.5. The first-order valence-electron chi connectivity index (χ1n) is 11.0. The molecule has 2 saturated carbocycles. The van der Waals surface area contributed by atoms with Crippen LogP contribution in [-0.4, -0.2) is 40.3 Å². The van der Waals surface area contributed by atoms with Crippen molar-refractivity contribution in [2.45, 2.75) is 77.9 Å². The van der Waals surface area contributed by atoms with E-state index in [4.69, 9.17) is 4.74 Å². The molecule has 0 aliphatic heterocycles. The van der Waals surface area contributed by atoms with E-state index >= 15 is 0 Å². The minimum atomic E-state index is -1.48. The van der Waals surface area contributed by atoms with Crippen LogP contribution in [0.1, 0.15) is 66.2 Å². The van der Waals surface area contributed by atoms with E-state index in [2.05, 4.69) is 26.0 Å². The predicted octanol–water partition coefficient (Wildman–Crippen LogP) is 3.34. The highest BCUT2D eigenvalue weighted by atomic mass is 16.5. The Balaban J connectivity index is 1.69. The third-order valence-corrected chi connectivity index (χ3v) is 8.88. The number of esters is 1. The largest absolute Gasteiger partial charge is 0.458 e. The summed E-state index contributed by atoms with van der Waals surface area (Å²) in [5.74, 6) is -0.464. The van der Waals surface area contributed by atoms with E-state index in [-0.39, 0.29) is 35.7 Å². The fourth-order valence-corrected chi connectivity index (χ4v) is 7.22. The molecule has 4 aliphatic carbocycles. The number of hydrogen-bond acceptors (Lipinski definition) is 5. The van der Waals surface area contributed by atoms with E-state index in [1.54, 1.807) is 0 Å².